The molecule has 3 nitrogen and oxygen atoms in total. The summed E-state index contributed by atoms with van der Waals surface area (Å²) in [5, 5.41) is 0.732. The number of benzene rings is 1. The van der Waals surface area contributed by atoms with Crippen LogP contribution in [0.3, 0.4) is 0 Å². The molecular formula is C16H23ClN2O. The fourth-order valence-electron chi connectivity index (χ4n) is 2.73. The number of halogens is 1. The Morgan fingerprint density at radius 3 is 2.80 bits per heavy atom. The van der Waals surface area contributed by atoms with Crippen molar-refractivity contribution in [1.29, 1.82) is 0 Å². The van der Waals surface area contributed by atoms with Gasteiger partial charge in [0, 0.05) is 30.6 Å². The third kappa shape index (κ3) is 4.22. The molecule has 1 aromatic carbocycles. The van der Waals surface area contributed by atoms with Gasteiger partial charge in [0.25, 0.3) is 0 Å². The number of hydrogen-bond acceptors (Lipinski definition) is 2. The van der Waals surface area contributed by atoms with Crippen LogP contribution < -0.4 is 5.73 Å². The number of nitrogens with two attached hydrogens (primary N) is 1. The van der Waals surface area contributed by atoms with E-state index in [2.05, 4.69) is 0 Å². The SMILES string of the molecule is CC(N)C1CCCN(C(=O)CCc2ccc(Cl)cc2)C1. The van der Waals surface area contributed by atoms with Crippen LogP contribution in [0.25, 0.3) is 0 Å². The number of likely N-dealkylation sites (tertiary alicyclic amines) is 1. The highest BCUT2D eigenvalue weighted by atomic mass is 35.5. The molecule has 1 aliphatic rings. The van der Waals surface area contributed by atoms with E-state index < -0.39 is 0 Å². The van der Waals surface area contributed by atoms with Gasteiger partial charge in [-0.15, -0.1) is 0 Å². The first-order valence-electron chi connectivity index (χ1n) is 7.34. The second-order valence-electron chi connectivity index (χ2n) is 5.73. The third-order valence-corrected chi connectivity index (χ3v) is 4.35. The zero-order chi connectivity index (χ0) is 14.5. The molecule has 1 saturated heterocycles. The van der Waals surface area contributed by atoms with Gasteiger partial charge < -0.3 is 10.6 Å². The molecule has 2 rings (SSSR count). The molecule has 0 radical (unpaired) electrons. The predicted octanol–water partition coefficient (Wildman–Crippen LogP) is 2.86. The number of hydrogen-bond donors (Lipinski definition) is 1. The van der Waals surface area contributed by atoms with Gasteiger partial charge in [0.2, 0.25) is 5.91 Å². The third-order valence-electron chi connectivity index (χ3n) is 4.09. The van der Waals surface area contributed by atoms with E-state index in [9.17, 15) is 4.79 Å². The molecule has 4 heteroatoms. The fraction of sp³-hybridized carbons (Fsp3) is 0.562. The molecular weight excluding hydrogens is 272 g/mol. The van der Waals surface area contributed by atoms with Crippen molar-refractivity contribution in [2.75, 3.05) is 13.1 Å². The molecule has 0 spiro atoms. The van der Waals surface area contributed by atoms with Gasteiger partial charge in [0.05, 0.1) is 0 Å². The number of aryl methyl sites for hydroxylation is 1. The number of carbonyl (C=O) groups excluding carboxylic acids is 1. The fourth-order valence-corrected chi connectivity index (χ4v) is 2.85. The largest absolute Gasteiger partial charge is 0.342 e. The van der Waals surface area contributed by atoms with Gasteiger partial charge in [-0.3, -0.25) is 4.79 Å². The van der Waals surface area contributed by atoms with Crippen LogP contribution in [0.2, 0.25) is 5.02 Å². The van der Waals surface area contributed by atoms with Crippen LogP contribution in [-0.2, 0) is 11.2 Å². The predicted molar refractivity (Wildman–Crippen MR) is 82.7 cm³/mol. The van der Waals surface area contributed by atoms with Gasteiger partial charge >= 0.3 is 0 Å². The van der Waals surface area contributed by atoms with Crippen LogP contribution in [0.5, 0.6) is 0 Å². The Bertz CT molecular complexity index is 444. The lowest BCUT2D eigenvalue weighted by Crippen LogP contribution is -2.45. The Kier molecular flexibility index (Phi) is 5.44. The summed E-state index contributed by atoms with van der Waals surface area (Å²) < 4.78 is 0. The number of nitrogens with zero attached hydrogens (tertiary/aromatic N) is 1. The van der Waals surface area contributed by atoms with Crippen molar-refractivity contribution in [1.82, 2.24) is 4.90 Å². The average Bonchev–Trinajstić information content (AvgIpc) is 2.46. The standard InChI is InChI=1S/C16H23ClN2O/c1-12(18)14-3-2-10-19(11-14)16(20)9-6-13-4-7-15(17)8-5-13/h4-5,7-8,12,14H,2-3,6,9-11,18H2,1H3. The maximum absolute atomic E-state index is 12.3. The van der Waals surface area contributed by atoms with Crippen molar-refractivity contribution in [3.05, 3.63) is 34.9 Å². The second-order valence-corrected chi connectivity index (χ2v) is 6.16. The van der Waals surface area contributed by atoms with Gasteiger partial charge in [-0.1, -0.05) is 23.7 Å². The van der Waals surface area contributed by atoms with E-state index in [0.29, 0.717) is 12.3 Å². The number of piperidine rings is 1. The molecule has 1 aliphatic heterocycles. The summed E-state index contributed by atoms with van der Waals surface area (Å²) in [6.45, 7) is 3.73. The quantitative estimate of drug-likeness (QED) is 0.928. The van der Waals surface area contributed by atoms with E-state index >= 15 is 0 Å². The maximum atomic E-state index is 12.3. The van der Waals surface area contributed by atoms with Crippen LogP contribution >= 0.6 is 11.6 Å². The van der Waals surface area contributed by atoms with E-state index in [-0.39, 0.29) is 11.9 Å². The Morgan fingerprint density at radius 1 is 1.45 bits per heavy atom. The molecule has 0 aliphatic carbocycles. The van der Waals surface area contributed by atoms with E-state index in [1.807, 2.05) is 36.1 Å². The maximum Gasteiger partial charge on any atom is 0.222 e. The highest BCUT2D eigenvalue weighted by Crippen LogP contribution is 2.20. The lowest BCUT2D eigenvalue weighted by Gasteiger charge is -2.34. The van der Waals surface area contributed by atoms with Crippen LogP contribution in [-0.4, -0.2) is 29.9 Å². The molecule has 0 saturated carbocycles. The lowest BCUT2D eigenvalue weighted by atomic mass is 9.92. The van der Waals surface area contributed by atoms with Crippen molar-refractivity contribution >= 4 is 17.5 Å². The smallest absolute Gasteiger partial charge is 0.222 e. The van der Waals surface area contributed by atoms with Crippen molar-refractivity contribution in [3.63, 3.8) is 0 Å². The van der Waals surface area contributed by atoms with Crippen LogP contribution in [0.1, 0.15) is 31.7 Å². The summed E-state index contributed by atoms with van der Waals surface area (Å²) in [5.74, 6) is 0.688. The van der Waals surface area contributed by atoms with E-state index in [1.54, 1.807) is 0 Å². The molecule has 2 atom stereocenters. The zero-order valence-electron chi connectivity index (χ0n) is 12.0. The van der Waals surface area contributed by atoms with Crippen molar-refractivity contribution in [2.24, 2.45) is 11.7 Å². The van der Waals surface area contributed by atoms with Gasteiger partial charge in [0.15, 0.2) is 0 Å². The first-order valence-corrected chi connectivity index (χ1v) is 7.72. The summed E-state index contributed by atoms with van der Waals surface area (Å²) in [6, 6.07) is 7.87. The van der Waals surface area contributed by atoms with Crippen molar-refractivity contribution in [2.45, 2.75) is 38.6 Å². The molecule has 1 amide bonds. The lowest BCUT2D eigenvalue weighted by molar-refractivity contribution is -0.133. The molecule has 0 bridgehead atoms. The first-order chi connectivity index (χ1) is 9.56. The highest BCUT2D eigenvalue weighted by molar-refractivity contribution is 6.30. The monoisotopic (exact) mass is 294 g/mol. The van der Waals surface area contributed by atoms with Crippen LogP contribution in [0, 0.1) is 5.92 Å². The molecule has 0 aromatic heterocycles. The summed E-state index contributed by atoms with van der Waals surface area (Å²) in [6.07, 6.45) is 3.54. The Morgan fingerprint density at radius 2 is 2.15 bits per heavy atom. The highest BCUT2D eigenvalue weighted by Gasteiger charge is 2.25. The van der Waals surface area contributed by atoms with Gasteiger partial charge in [-0.05, 0) is 49.8 Å². The van der Waals surface area contributed by atoms with E-state index in [0.717, 1.165) is 42.9 Å². The van der Waals surface area contributed by atoms with Crippen LogP contribution in [0.15, 0.2) is 24.3 Å². The Hall–Kier alpha value is -1.06. The van der Waals surface area contributed by atoms with E-state index in [4.69, 9.17) is 17.3 Å². The van der Waals surface area contributed by atoms with Crippen molar-refractivity contribution < 1.29 is 4.79 Å². The summed E-state index contributed by atoms with van der Waals surface area (Å²) in [4.78, 5) is 14.2. The molecule has 20 heavy (non-hydrogen) atoms. The van der Waals surface area contributed by atoms with Gasteiger partial charge in [-0.25, -0.2) is 0 Å². The first kappa shape index (κ1) is 15.3. The minimum atomic E-state index is 0.168. The average molecular weight is 295 g/mol. The topological polar surface area (TPSA) is 46.3 Å². The Labute approximate surface area is 126 Å². The molecule has 1 aromatic rings. The molecule has 1 heterocycles. The van der Waals surface area contributed by atoms with E-state index in [1.165, 1.54) is 0 Å². The minimum absolute atomic E-state index is 0.168. The molecule has 1 fully saturated rings. The van der Waals surface area contributed by atoms with Crippen molar-refractivity contribution in [3.8, 4) is 0 Å². The zero-order valence-corrected chi connectivity index (χ0v) is 12.8. The number of rotatable bonds is 4. The normalized spacial score (nSPS) is 20.8. The molecule has 2 unspecified atom stereocenters. The summed E-state index contributed by atoms with van der Waals surface area (Å²) in [5.41, 5.74) is 7.11. The molecule has 2 N–H and O–H groups in total. The number of carbonyl (C=O) groups is 1. The second kappa shape index (κ2) is 7.09. The minimum Gasteiger partial charge on any atom is -0.342 e. The number of amides is 1. The van der Waals surface area contributed by atoms with Gasteiger partial charge in [-0.2, -0.15) is 0 Å². The Balaban J connectivity index is 1.83. The van der Waals surface area contributed by atoms with Gasteiger partial charge in [0.1, 0.15) is 0 Å². The summed E-state index contributed by atoms with van der Waals surface area (Å²) in [7, 11) is 0. The van der Waals surface area contributed by atoms with Crippen LogP contribution in [0.4, 0.5) is 0 Å². The summed E-state index contributed by atoms with van der Waals surface area (Å²) >= 11 is 5.85. The molecule has 110 valence electrons.